The Hall–Kier alpha value is -0.910. The van der Waals surface area contributed by atoms with Gasteiger partial charge in [-0.3, -0.25) is 0 Å². The van der Waals surface area contributed by atoms with Crippen LogP contribution in [-0.2, 0) is 16.6 Å². The largest absolute Gasteiger partial charge is 0.326 e. The van der Waals surface area contributed by atoms with Gasteiger partial charge in [0.15, 0.2) is 0 Å². The third kappa shape index (κ3) is 3.31. The summed E-state index contributed by atoms with van der Waals surface area (Å²) in [6.45, 7) is 2.81. The Kier molecular flexibility index (Phi) is 4.04. The summed E-state index contributed by atoms with van der Waals surface area (Å²) < 4.78 is 26.8. The Morgan fingerprint density at radius 1 is 1.39 bits per heavy atom. The van der Waals surface area contributed by atoms with E-state index in [9.17, 15) is 8.42 Å². The van der Waals surface area contributed by atoms with Gasteiger partial charge >= 0.3 is 0 Å². The van der Waals surface area contributed by atoms with Gasteiger partial charge in [-0.25, -0.2) is 13.1 Å². The van der Waals surface area contributed by atoms with Crippen LogP contribution in [0.25, 0.3) is 0 Å². The van der Waals surface area contributed by atoms with Crippen molar-refractivity contribution in [2.45, 2.75) is 37.6 Å². The lowest BCUT2D eigenvalue weighted by Gasteiger charge is -2.09. The SMILES string of the molecule is Cc1ccc(S(=O)(=O)NCCC2CC2)cc1CN. The molecule has 5 heteroatoms. The number of hydrogen-bond acceptors (Lipinski definition) is 3. The summed E-state index contributed by atoms with van der Waals surface area (Å²) in [4.78, 5) is 0.310. The normalized spacial score (nSPS) is 15.9. The summed E-state index contributed by atoms with van der Waals surface area (Å²) in [6.07, 6.45) is 3.42. The smallest absolute Gasteiger partial charge is 0.240 e. The van der Waals surface area contributed by atoms with Crippen LogP contribution in [-0.4, -0.2) is 15.0 Å². The molecule has 2 rings (SSSR count). The average molecular weight is 268 g/mol. The van der Waals surface area contributed by atoms with E-state index in [4.69, 9.17) is 5.73 Å². The number of nitrogens with one attached hydrogen (secondary N) is 1. The van der Waals surface area contributed by atoms with Crippen molar-refractivity contribution in [1.82, 2.24) is 4.72 Å². The van der Waals surface area contributed by atoms with E-state index in [2.05, 4.69) is 4.72 Å². The van der Waals surface area contributed by atoms with Crippen molar-refractivity contribution in [2.24, 2.45) is 11.7 Å². The van der Waals surface area contributed by atoms with E-state index in [1.165, 1.54) is 12.8 Å². The first kappa shape index (κ1) is 13.5. The molecule has 1 aromatic carbocycles. The number of benzene rings is 1. The molecule has 100 valence electrons. The molecule has 18 heavy (non-hydrogen) atoms. The molecule has 0 unspecified atom stereocenters. The van der Waals surface area contributed by atoms with E-state index >= 15 is 0 Å². The van der Waals surface area contributed by atoms with Crippen molar-refractivity contribution in [2.75, 3.05) is 6.54 Å². The van der Waals surface area contributed by atoms with Gasteiger partial charge in [-0.15, -0.1) is 0 Å². The van der Waals surface area contributed by atoms with Crippen LogP contribution in [0.2, 0.25) is 0 Å². The van der Waals surface area contributed by atoms with Crippen LogP contribution >= 0.6 is 0 Å². The molecule has 0 radical (unpaired) electrons. The fourth-order valence-electron chi connectivity index (χ4n) is 1.92. The quantitative estimate of drug-likeness (QED) is 0.822. The van der Waals surface area contributed by atoms with Gasteiger partial charge in [0.2, 0.25) is 10.0 Å². The minimum absolute atomic E-state index is 0.310. The predicted octanol–water partition coefficient (Wildman–Crippen LogP) is 1.53. The van der Waals surface area contributed by atoms with Crippen molar-refractivity contribution in [3.05, 3.63) is 29.3 Å². The molecule has 0 amide bonds. The minimum atomic E-state index is -3.38. The van der Waals surface area contributed by atoms with Crippen LogP contribution in [0.3, 0.4) is 0 Å². The Bertz CT molecular complexity index is 522. The van der Waals surface area contributed by atoms with Gasteiger partial charge in [0.25, 0.3) is 0 Å². The molecule has 0 aromatic heterocycles. The zero-order chi connectivity index (χ0) is 13.2. The molecule has 4 nitrogen and oxygen atoms in total. The standard InChI is InChI=1S/C13H20N2O2S/c1-10-2-5-13(8-12(10)9-14)18(16,17)15-7-6-11-3-4-11/h2,5,8,11,15H,3-4,6-7,9,14H2,1H3. The van der Waals surface area contributed by atoms with Crippen molar-refractivity contribution < 1.29 is 8.42 Å². The highest BCUT2D eigenvalue weighted by atomic mass is 32.2. The second-order valence-electron chi connectivity index (χ2n) is 4.92. The molecule has 1 aromatic rings. The van der Waals surface area contributed by atoms with E-state index < -0.39 is 10.0 Å². The summed E-state index contributed by atoms with van der Waals surface area (Å²) in [5.41, 5.74) is 7.49. The summed E-state index contributed by atoms with van der Waals surface area (Å²) in [7, 11) is -3.38. The maximum absolute atomic E-state index is 12.1. The third-order valence-corrected chi connectivity index (χ3v) is 4.85. The van der Waals surface area contributed by atoms with Gasteiger partial charge in [0.1, 0.15) is 0 Å². The highest BCUT2D eigenvalue weighted by Crippen LogP contribution is 2.31. The highest BCUT2D eigenvalue weighted by molar-refractivity contribution is 7.89. The van der Waals surface area contributed by atoms with Gasteiger partial charge < -0.3 is 5.73 Å². The van der Waals surface area contributed by atoms with E-state index in [0.29, 0.717) is 18.0 Å². The van der Waals surface area contributed by atoms with Crippen molar-refractivity contribution in [3.8, 4) is 0 Å². The first-order chi connectivity index (χ1) is 8.53. The number of rotatable bonds is 6. The van der Waals surface area contributed by atoms with Gasteiger partial charge in [-0.2, -0.15) is 0 Å². The van der Waals surface area contributed by atoms with Crippen molar-refractivity contribution >= 4 is 10.0 Å². The Morgan fingerprint density at radius 3 is 2.72 bits per heavy atom. The zero-order valence-corrected chi connectivity index (χ0v) is 11.5. The van der Waals surface area contributed by atoms with E-state index in [-0.39, 0.29) is 0 Å². The molecular weight excluding hydrogens is 248 g/mol. The van der Waals surface area contributed by atoms with Crippen molar-refractivity contribution in [1.29, 1.82) is 0 Å². The molecule has 1 saturated carbocycles. The van der Waals surface area contributed by atoms with Gasteiger partial charge in [0, 0.05) is 13.1 Å². The van der Waals surface area contributed by atoms with Crippen LogP contribution < -0.4 is 10.5 Å². The third-order valence-electron chi connectivity index (χ3n) is 3.39. The predicted molar refractivity (Wildman–Crippen MR) is 71.6 cm³/mol. The fourth-order valence-corrected chi connectivity index (χ4v) is 3.02. The molecule has 1 aliphatic rings. The summed E-state index contributed by atoms with van der Waals surface area (Å²) in [5.74, 6) is 0.727. The summed E-state index contributed by atoms with van der Waals surface area (Å²) in [6, 6.07) is 5.10. The van der Waals surface area contributed by atoms with Crippen LogP contribution in [0.15, 0.2) is 23.1 Å². The van der Waals surface area contributed by atoms with E-state index in [1.54, 1.807) is 18.2 Å². The number of nitrogens with two attached hydrogens (primary N) is 1. The Morgan fingerprint density at radius 2 is 2.11 bits per heavy atom. The van der Waals surface area contributed by atoms with Crippen LogP contribution in [0.1, 0.15) is 30.4 Å². The molecule has 0 aliphatic heterocycles. The van der Waals surface area contributed by atoms with E-state index in [1.807, 2.05) is 6.92 Å². The Labute approximate surface area is 109 Å². The molecule has 0 heterocycles. The molecular formula is C13H20N2O2S. The summed E-state index contributed by atoms with van der Waals surface area (Å²) >= 11 is 0. The number of sulfonamides is 1. The van der Waals surface area contributed by atoms with Gasteiger partial charge in [0.05, 0.1) is 4.90 Å². The van der Waals surface area contributed by atoms with E-state index in [0.717, 1.165) is 23.5 Å². The average Bonchev–Trinajstić information content (AvgIpc) is 3.13. The molecule has 1 aliphatic carbocycles. The van der Waals surface area contributed by atoms with Crippen LogP contribution in [0.5, 0.6) is 0 Å². The first-order valence-electron chi connectivity index (χ1n) is 6.32. The van der Waals surface area contributed by atoms with Gasteiger partial charge in [-0.1, -0.05) is 18.9 Å². The monoisotopic (exact) mass is 268 g/mol. The van der Waals surface area contributed by atoms with Crippen molar-refractivity contribution in [3.63, 3.8) is 0 Å². The second-order valence-corrected chi connectivity index (χ2v) is 6.69. The lowest BCUT2D eigenvalue weighted by Crippen LogP contribution is -2.25. The molecule has 0 spiro atoms. The second kappa shape index (κ2) is 5.38. The maximum Gasteiger partial charge on any atom is 0.240 e. The van der Waals surface area contributed by atoms with Crippen LogP contribution in [0, 0.1) is 12.8 Å². The molecule has 0 atom stereocenters. The Balaban J connectivity index is 2.07. The molecule has 3 N–H and O–H groups in total. The lowest BCUT2D eigenvalue weighted by atomic mass is 10.1. The molecule has 1 fully saturated rings. The minimum Gasteiger partial charge on any atom is -0.326 e. The molecule has 0 bridgehead atoms. The zero-order valence-electron chi connectivity index (χ0n) is 10.6. The maximum atomic E-state index is 12.1. The number of aryl methyl sites for hydroxylation is 1. The topological polar surface area (TPSA) is 72.2 Å². The van der Waals surface area contributed by atoms with Gasteiger partial charge in [-0.05, 0) is 42.5 Å². The van der Waals surface area contributed by atoms with Crippen LogP contribution in [0.4, 0.5) is 0 Å². The summed E-state index contributed by atoms with van der Waals surface area (Å²) in [5, 5.41) is 0. The first-order valence-corrected chi connectivity index (χ1v) is 7.80. The highest BCUT2D eigenvalue weighted by Gasteiger charge is 2.22. The number of hydrogen-bond donors (Lipinski definition) is 2. The fraction of sp³-hybridized carbons (Fsp3) is 0.538. The molecule has 0 saturated heterocycles. The lowest BCUT2D eigenvalue weighted by molar-refractivity contribution is 0.575.